The normalized spacial score (nSPS) is 10.7. The van der Waals surface area contributed by atoms with Crippen molar-refractivity contribution in [1.82, 2.24) is 0 Å². The number of nitriles is 1. The van der Waals surface area contributed by atoms with E-state index in [-0.39, 0.29) is 5.57 Å². The van der Waals surface area contributed by atoms with Gasteiger partial charge in [-0.15, -0.1) is 0 Å². The number of halogens is 1. The van der Waals surface area contributed by atoms with Gasteiger partial charge in [0.05, 0.1) is 25.6 Å². The molecule has 0 aliphatic rings. The lowest BCUT2D eigenvalue weighted by atomic mass is 10.2. The number of anilines is 2. The summed E-state index contributed by atoms with van der Waals surface area (Å²) in [5, 5.41) is 15.4. The maximum Gasteiger partial charge on any atom is 0.267 e. The number of hydrogen-bond acceptors (Lipinski definition) is 5. The molecule has 0 aromatic heterocycles. The van der Waals surface area contributed by atoms with Gasteiger partial charge in [-0.25, -0.2) is 0 Å². The van der Waals surface area contributed by atoms with Crippen molar-refractivity contribution in [2.24, 2.45) is 0 Å². The fourth-order valence-corrected chi connectivity index (χ4v) is 2.37. The van der Waals surface area contributed by atoms with Gasteiger partial charge in [0.25, 0.3) is 5.91 Å². The first kappa shape index (κ1) is 19.2. The number of methoxy groups -OCH3 is 2. The predicted molar refractivity (Wildman–Crippen MR) is 102 cm³/mol. The minimum atomic E-state index is -0.565. The predicted octanol–water partition coefficient (Wildman–Crippen LogP) is 4.12. The van der Waals surface area contributed by atoms with Crippen molar-refractivity contribution in [3.05, 3.63) is 58.8 Å². The van der Waals surface area contributed by atoms with Gasteiger partial charge in [0.1, 0.15) is 23.1 Å². The number of benzene rings is 2. The van der Waals surface area contributed by atoms with Gasteiger partial charge in [-0.05, 0) is 42.8 Å². The van der Waals surface area contributed by atoms with Crippen molar-refractivity contribution in [3.8, 4) is 17.6 Å². The molecule has 6 nitrogen and oxygen atoms in total. The summed E-state index contributed by atoms with van der Waals surface area (Å²) in [6, 6.07) is 12.2. The van der Waals surface area contributed by atoms with Crippen molar-refractivity contribution in [3.63, 3.8) is 0 Å². The molecule has 0 fully saturated rings. The summed E-state index contributed by atoms with van der Waals surface area (Å²) in [4.78, 5) is 12.4. The van der Waals surface area contributed by atoms with E-state index in [9.17, 15) is 10.1 Å². The standard InChI is InChI=1S/C19H18ClN3O3/c1-12-4-6-18(26-3)16(8-12)23-19(24)13(10-21)11-22-15-9-14(20)5-7-17(15)25-2/h4-9,11,22H,1-3H3,(H,23,24)/b13-11-. The smallest absolute Gasteiger partial charge is 0.267 e. The highest BCUT2D eigenvalue weighted by Gasteiger charge is 2.13. The van der Waals surface area contributed by atoms with Crippen LogP contribution in [0.1, 0.15) is 5.56 Å². The van der Waals surface area contributed by atoms with Gasteiger partial charge in [0.15, 0.2) is 0 Å². The molecule has 1 amide bonds. The third-order valence-corrected chi connectivity index (χ3v) is 3.74. The van der Waals surface area contributed by atoms with E-state index in [0.29, 0.717) is 27.9 Å². The fourth-order valence-electron chi connectivity index (χ4n) is 2.20. The monoisotopic (exact) mass is 371 g/mol. The first-order chi connectivity index (χ1) is 12.5. The van der Waals surface area contributed by atoms with E-state index in [4.69, 9.17) is 21.1 Å². The van der Waals surface area contributed by atoms with Crippen LogP contribution in [0, 0.1) is 18.3 Å². The Morgan fingerprint density at radius 1 is 1.12 bits per heavy atom. The van der Waals surface area contributed by atoms with Crippen molar-refractivity contribution < 1.29 is 14.3 Å². The lowest BCUT2D eigenvalue weighted by Gasteiger charge is -2.11. The molecule has 0 saturated carbocycles. The summed E-state index contributed by atoms with van der Waals surface area (Å²) in [6.45, 7) is 1.89. The van der Waals surface area contributed by atoms with Crippen LogP contribution in [0.25, 0.3) is 0 Å². The van der Waals surface area contributed by atoms with Crippen LogP contribution in [0.2, 0.25) is 5.02 Å². The van der Waals surface area contributed by atoms with Gasteiger partial charge < -0.3 is 20.1 Å². The van der Waals surface area contributed by atoms with E-state index < -0.39 is 5.91 Å². The third kappa shape index (κ3) is 4.68. The van der Waals surface area contributed by atoms with Crippen LogP contribution in [0.15, 0.2) is 48.2 Å². The number of carbonyl (C=O) groups is 1. The van der Waals surface area contributed by atoms with Gasteiger partial charge in [0.2, 0.25) is 0 Å². The summed E-state index contributed by atoms with van der Waals surface area (Å²) in [6.07, 6.45) is 1.30. The Balaban J connectivity index is 2.22. The highest BCUT2D eigenvalue weighted by atomic mass is 35.5. The Kier molecular flexibility index (Phi) is 6.48. The van der Waals surface area contributed by atoms with E-state index >= 15 is 0 Å². The molecule has 2 aromatic carbocycles. The summed E-state index contributed by atoms with van der Waals surface area (Å²) >= 11 is 5.97. The third-order valence-electron chi connectivity index (χ3n) is 3.50. The summed E-state index contributed by atoms with van der Waals surface area (Å²) in [7, 11) is 3.02. The second kappa shape index (κ2) is 8.79. The highest BCUT2D eigenvalue weighted by molar-refractivity contribution is 6.31. The first-order valence-corrected chi connectivity index (χ1v) is 8.02. The van der Waals surface area contributed by atoms with Crippen molar-refractivity contribution >= 4 is 28.9 Å². The highest BCUT2D eigenvalue weighted by Crippen LogP contribution is 2.28. The van der Waals surface area contributed by atoms with Gasteiger partial charge in [-0.1, -0.05) is 17.7 Å². The van der Waals surface area contributed by atoms with E-state index in [1.165, 1.54) is 20.4 Å². The lowest BCUT2D eigenvalue weighted by Crippen LogP contribution is -2.15. The molecule has 26 heavy (non-hydrogen) atoms. The molecule has 0 heterocycles. The molecular weight excluding hydrogens is 354 g/mol. The van der Waals surface area contributed by atoms with Gasteiger partial charge in [-0.2, -0.15) is 5.26 Å². The summed E-state index contributed by atoms with van der Waals surface area (Å²) in [5.74, 6) is 0.472. The van der Waals surface area contributed by atoms with Crippen molar-refractivity contribution in [2.75, 3.05) is 24.9 Å². The van der Waals surface area contributed by atoms with E-state index in [0.717, 1.165) is 5.56 Å². The van der Waals surface area contributed by atoms with Crippen LogP contribution < -0.4 is 20.1 Å². The van der Waals surface area contributed by atoms with Gasteiger partial charge >= 0.3 is 0 Å². The Morgan fingerprint density at radius 2 is 1.77 bits per heavy atom. The first-order valence-electron chi connectivity index (χ1n) is 7.64. The van der Waals surface area contributed by atoms with Crippen molar-refractivity contribution in [2.45, 2.75) is 6.92 Å². The largest absolute Gasteiger partial charge is 0.495 e. The zero-order valence-electron chi connectivity index (χ0n) is 14.6. The average molecular weight is 372 g/mol. The number of nitrogens with one attached hydrogen (secondary N) is 2. The molecule has 2 N–H and O–H groups in total. The second-order valence-electron chi connectivity index (χ2n) is 5.32. The minimum Gasteiger partial charge on any atom is -0.495 e. The maximum absolute atomic E-state index is 12.4. The number of hydrogen-bond donors (Lipinski definition) is 2. The molecule has 0 aliphatic heterocycles. The van der Waals surface area contributed by atoms with Crippen molar-refractivity contribution in [1.29, 1.82) is 5.26 Å². The number of rotatable bonds is 6. The average Bonchev–Trinajstić information content (AvgIpc) is 2.62. The van der Waals surface area contributed by atoms with E-state index in [1.807, 2.05) is 19.1 Å². The number of ether oxygens (including phenoxy) is 2. The van der Waals surface area contributed by atoms with Crippen LogP contribution in [0.4, 0.5) is 11.4 Å². The number of carbonyl (C=O) groups excluding carboxylic acids is 1. The zero-order chi connectivity index (χ0) is 19.1. The molecule has 7 heteroatoms. The molecule has 0 aliphatic carbocycles. The molecule has 0 atom stereocenters. The summed E-state index contributed by atoms with van der Waals surface area (Å²) in [5.41, 5.74) is 1.86. The maximum atomic E-state index is 12.4. The van der Waals surface area contributed by atoms with Crippen LogP contribution in [-0.2, 0) is 4.79 Å². The Bertz CT molecular complexity index is 888. The Hall–Kier alpha value is -3.17. The van der Waals surface area contributed by atoms with Crippen LogP contribution in [0.3, 0.4) is 0 Å². The number of amides is 1. The molecule has 2 rings (SSSR count). The van der Waals surface area contributed by atoms with Gasteiger partial charge in [-0.3, -0.25) is 4.79 Å². The molecule has 0 unspecified atom stereocenters. The Labute approximate surface area is 157 Å². The van der Waals surface area contributed by atoms with Crippen LogP contribution in [0.5, 0.6) is 11.5 Å². The molecule has 0 saturated heterocycles. The minimum absolute atomic E-state index is 0.115. The van der Waals surface area contributed by atoms with Crippen LogP contribution in [-0.4, -0.2) is 20.1 Å². The molecular formula is C19H18ClN3O3. The quantitative estimate of drug-likeness (QED) is 0.589. The molecule has 134 valence electrons. The molecule has 0 spiro atoms. The zero-order valence-corrected chi connectivity index (χ0v) is 15.3. The van der Waals surface area contributed by atoms with Crippen LogP contribution >= 0.6 is 11.6 Å². The topological polar surface area (TPSA) is 83.4 Å². The van der Waals surface area contributed by atoms with E-state index in [2.05, 4.69) is 10.6 Å². The number of aryl methyl sites for hydroxylation is 1. The molecule has 2 aromatic rings. The second-order valence-corrected chi connectivity index (χ2v) is 5.75. The lowest BCUT2D eigenvalue weighted by molar-refractivity contribution is -0.112. The SMILES string of the molecule is COc1ccc(Cl)cc1N/C=C(/C#N)C(=O)Nc1cc(C)ccc1OC. The van der Waals surface area contributed by atoms with E-state index in [1.54, 1.807) is 30.3 Å². The Morgan fingerprint density at radius 3 is 2.42 bits per heavy atom. The van der Waals surface area contributed by atoms with Gasteiger partial charge in [0, 0.05) is 11.2 Å². The fraction of sp³-hybridized carbons (Fsp3) is 0.158. The molecule has 0 radical (unpaired) electrons. The number of nitrogens with zero attached hydrogens (tertiary/aromatic N) is 1. The molecule has 0 bridgehead atoms. The summed E-state index contributed by atoms with van der Waals surface area (Å²) < 4.78 is 10.4.